The second-order valence-electron chi connectivity index (χ2n) is 5.36. The maximum absolute atomic E-state index is 15.4. The monoisotopic (exact) mass is 367 g/mol. The minimum Gasteiger partial charge on any atom is -0.497 e. The maximum atomic E-state index is 15.4. The van der Waals surface area contributed by atoms with Gasteiger partial charge in [0.15, 0.2) is 5.78 Å². The normalized spacial score (nSPS) is 18.9. The third-order valence-corrected chi connectivity index (χ3v) is 4.54. The standard InChI is InChI=1S/C17H12Cl2FNO3/c1-24-10-4-2-9(3-5-10)13(22)8-17(20)14-11(18)6-7-12(19)15(14)21-16(17)23/h2-7H,8H2,1H3,(H,21,23). The van der Waals surface area contributed by atoms with E-state index in [9.17, 15) is 9.59 Å². The van der Waals surface area contributed by atoms with E-state index in [2.05, 4.69) is 5.32 Å². The van der Waals surface area contributed by atoms with Crippen molar-refractivity contribution >= 4 is 40.6 Å². The summed E-state index contributed by atoms with van der Waals surface area (Å²) < 4.78 is 20.4. The molecule has 2 aromatic carbocycles. The fourth-order valence-corrected chi connectivity index (χ4v) is 3.17. The third kappa shape index (κ3) is 2.64. The van der Waals surface area contributed by atoms with Gasteiger partial charge in [-0.05, 0) is 36.4 Å². The lowest BCUT2D eigenvalue weighted by molar-refractivity contribution is -0.126. The SMILES string of the molecule is COc1ccc(C(=O)CC2(F)C(=O)Nc3c(Cl)ccc(Cl)c32)cc1. The Kier molecular flexibility index (Phi) is 4.24. The van der Waals surface area contributed by atoms with Crippen LogP contribution in [0, 0.1) is 0 Å². The Morgan fingerprint density at radius 3 is 2.42 bits per heavy atom. The van der Waals surface area contributed by atoms with Crippen molar-refractivity contribution in [3.8, 4) is 5.75 Å². The first-order valence-corrected chi connectivity index (χ1v) is 7.78. The first kappa shape index (κ1) is 16.7. The number of ketones is 1. The van der Waals surface area contributed by atoms with Gasteiger partial charge in [0.1, 0.15) is 5.75 Å². The number of carbonyl (C=O) groups is 2. The molecule has 0 aliphatic carbocycles. The maximum Gasteiger partial charge on any atom is 0.267 e. The number of ether oxygens (including phenoxy) is 1. The number of methoxy groups -OCH3 is 1. The largest absolute Gasteiger partial charge is 0.497 e. The van der Waals surface area contributed by atoms with Crippen molar-refractivity contribution in [1.29, 1.82) is 0 Å². The van der Waals surface area contributed by atoms with Crippen LogP contribution in [0.1, 0.15) is 22.3 Å². The number of benzene rings is 2. The summed E-state index contributed by atoms with van der Waals surface area (Å²) >= 11 is 12.0. The third-order valence-electron chi connectivity index (χ3n) is 3.91. The Hall–Kier alpha value is -2.11. The molecule has 1 unspecified atom stereocenters. The van der Waals surface area contributed by atoms with E-state index in [0.717, 1.165) is 0 Å². The van der Waals surface area contributed by atoms with Gasteiger partial charge in [0.05, 0.1) is 24.2 Å². The Morgan fingerprint density at radius 2 is 1.79 bits per heavy atom. The van der Waals surface area contributed by atoms with E-state index in [1.807, 2.05) is 0 Å². The van der Waals surface area contributed by atoms with Gasteiger partial charge in [-0.25, -0.2) is 4.39 Å². The summed E-state index contributed by atoms with van der Waals surface area (Å²) in [7, 11) is 1.50. The summed E-state index contributed by atoms with van der Waals surface area (Å²) in [6.07, 6.45) is -0.668. The van der Waals surface area contributed by atoms with E-state index >= 15 is 4.39 Å². The van der Waals surface area contributed by atoms with Crippen LogP contribution in [0.5, 0.6) is 5.75 Å². The van der Waals surface area contributed by atoms with Gasteiger partial charge in [-0.3, -0.25) is 9.59 Å². The number of Topliss-reactive ketones (excluding diaryl/α,β-unsaturated/α-hetero) is 1. The summed E-state index contributed by atoms with van der Waals surface area (Å²) in [5.41, 5.74) is -2.27. The van der Waals surface area contributed by atoms with Gasteiger partial charge in [-0.2, -0.15) is 0 Å². The molecule has 0 aromatic heterocycles. The Labute approximate surface area is 147 Å². The van der Waals surface area contributed by atoms with Crippen LogP contribution in [0.3, 0.4) is 0 Å². The second-order valence-corrected chi connectivity index (χ2v) is 6.18. The van der Waals surface area contributed by atoms with E-state index in [0.29, 0.717) is 5.75 Å². The molecule has 7 heteroatoms. The molecular weight excluding hydrogens is 356 g/mol. The van der Waals surface area contributed by atoms with Crippen molar-refractivity contribution in [2.24, 2.45) is 0 Å². The van der Waals surface area contributed by atoms with Crippen LogP contribution in [0.15, 0.2) is 36.4 Å². The second kappa shape index (κ2) is 6.07. The molecule has 0 saturated carbocycles. The van der Waals surface area contributed by atoms with Crippen molar-refractivity contribution in [2.75, 3.05) is 12.4 Å². The number of hydrogen-bond acceptors (Lipinski definition) is 3. The van der Waals surface area contributed by atoms with Crippen LogP contribution in [0.25, 0.3) is 0 Å². The molecule has 0 spiro atoms. The van der Waals surface area contributed by atoms with E-state index in [1.54, 1.807) is 12.1 Å². The minimum atomic E-state index is -2.56. The first-order chi connectivity index (χ1) is 11.4. The smallest absolute Gasteiger partial charge is 0.267 e. The number of fused-ring (bicyclic) bond motifs is 1. The highest BCUT2D eigenvalue weighted by Gasteiger charge is 2.51. The van der Waals surface area contributed by atoms with Gasteiger partial charge in [-0.15, -0.1) is 0 Å². The molecule has 1 aliphatic rings. The van der Waals surface area contributed by atoms with E-state index in [4.69, 9.17) is 27.9 Å². The molecule has 0 radical (unpaired) electrons. The molecule has 1 N–H and O–H groups in total. The van der Waals surface area contributed by atoms with Crippen LogP contribution >= 0.6 is 23.2 Å². The Balaban J connectivity index is 1.96. The zero-order chi connectivity index (χ0) is 17.5. The molecule has 1 heterocycles. The molecule has 0 fully saturated rings. The van der Waals surface area contributed by atoms with Crippen molar-refractivity contribution in [3.05, 3.63) is 57.6 Å². The van der Waals surface area contributed by atoms with Gasteiger partial charge in [0.2, 0.25) is 5.67 Å². The molecule has 0 bridgehead atoms. The molecule has 124 valence electrons. The highest BCUT2D eigenvalue weighted by molar-refractivity contribution is 6.38. The highest BCUT2D eigenvalue weighted by atomic mass is 35.5. The molecule has 0 saturated heterocycles. The van der Waals surface area contributed by atoms with E-state index < -0.39 is 23.8 Å². The number of rotatable bonds is 4. The van der Waals surface area contributed by atoms with Crippen LogP contribution in [-0.2, 0) is 10.5 Å². The molecule has 24 heavy (non-hydrogen) atoms. The number of anilines is 1. The summed E-state index contributed by atoms with van der Waals surface area (Å²) in [6.45, 7) is 0. The zero-order valence-corrected chi connectivity index (χ0v) is 14.0. The molecule has 2 aromatic rings. The zero-order valence-electron chi connectivity index (χ0n) is 12.5. The average molecular weight is 368 g/mol. The lowest BCUT2D eigenvalue weighted by Crippen LogP contribution is -2.32. The van der Waals surface area contributed by atoms with Crippen molar-refractivity contribution in [3.63, 3.8) is 0 Å². The Bertz CT molecular complexity index is 838. The summed E-state index contributed by atoms with van der Waals surface area (Å²) in [6, 6.07) is 9.06. The minimum absolute atomic E-state index is 0.0396. The quantitative estimate of drug-likeness (QED) is 0.815. The van der Waals surface area contributed by atoms with Crippen molar-refractivity contribution in [2.45, 2.75) is 12.1 Å². The summed E-state index contributed by atoms with van der Waals surface area (Å²) in [5, 5.41) is 2.58. The van der Waals surface area contributed by atoms with Crippen molar-refractivity contribution in [1.82, 2.24) is 0 Å². The number of amides is 1. The number of alkyl halides is 1. The predicted molar refractivity (Wildman–Crippen MR) is 89.8 cm³/mol. The molecule has 1 aliphatic heterocycles. The molecular formula is C17H12Cl2FNO3. The van der Waals surface area contributed by atoms with Crippen molar-refractivity contribution < 1.29 is 18.7 Å². The molecule has 3 rings (SSSR count). The van der Waals surface area contributed by atoms with Gasteiger partial charge in [0.25, 0.3) is 5.91 Å². The molecule has 1 amide bonds. The van der Waals surface area contributed by atoms with Crippen LogP contribution in [-0.4, -0.2) is 18.8 Å². The Morgan fingerprint density at radius 1 is 1.17 bits per heavy atom. The van der Waals surface area contributed by atoms with E-state index in [1.165, 1.54) is 31.4 Å². The van der Waals surface area contributed by atoms with Crippen LogP contribution in [0.4, 0.5) is 10.1 Å². The van der Waals surface area contributed by atoms with Gasteiger partial charge >= 0.3 is 0 Å². The lowest BCUT2D eigenvalue weighted by atomic mass is 9.89. The number of carbonyl (C=O) groups excluding carboxylic acids is 2. The fraction of sp³-hybridized carbons (Fsp3) is 0.176. The van der Waals surface area contributed by atoms with Crippen LogP contribution in [0.2, 0.25) is 10.0 Å². The van der Waals surface area contributed by atoms with Gasteiger partial charge in [-0.1, -0.05) is 23.2 Å². The lowest BCUT2D eigenvalue weighted by Gasteiger charge is -2.18. The topological polar surface area (TPSA) is 55.4 Å². The van der Waals surface area contributed by atoms with E-state index in [-0.39, 0.29) is 26.9 Å². The first-order valence-electron chi connectivity index (χ1n) is 7.03. The number of nitrogens with one attached hydrogen (secondary N) is 1. The average Bonchev–Trinajstić information content (AvgIpc) is 2.83. The molecule has 1 atom stereocenters. The highest BCUT2D eigenvalue weighted by Crippen LogP contribution is 2.48. The summed E-state index contributed by atoms with van der Waals surface area (Å²) in [4.78, 5) is 24.6. The van der Waals surface area contributed by atoms with Crippen LogP contribution < -0.4 is 10.1 Å². The number of halogens is 3. The predicted octanol–water partition coefficient (Wildman–Crippen LogP) is 4.39. The van der Waals surface area contributed by atoms with Gasteiger partial charge in [0, 0.05) is 16.1 Å². The van der Waals surface area contributed by atoms with Gasteiger partial charge < -0.3 is 10.1 Å². The fourth-order valence-electron chi connectivity index (χ4n) is 2.66. The number of hydrogen-bond donors (Lipinski definition) is 1. The summed E-state index contributed by atoms with van der Waals surface area (Å²) in [5.74, 6) is -0.908. The molecule has 4 nitrogen and oxygen atoms in total.